The van der Waals surface area contributed by atoms with Gasteiger partial charge in [-0.25, -0.2) is 8.42 Å². The van der Waals surface area contributed by atoms with Crippen molar-refractivity contribution in [1.29, 1.82) is 0 Å². The Morgan fingerprint density at radius 2 is 1.89 bits per heavy atom. The Labute approximate surface area is 169 Å². The zero-order chi connectivity index (χ0) is 20.4. The zero-order valence-corrected chi connectivity index (χ0v) is 17.6. The van der Waals surface area contributed by atoms with Gasteiger partial charge in [-0.05, 0) is 49.7 Å². The van der Waals surface area contributed by atoms with E-state index in [0.29, 0.717) is 21.3 Å². The van der Waals surface area contributed by atoms with Gasteiger partial charge in [-0.2, -0.15) is 0 Å². The van der Waals surface area contributed by atoms with Crippen LogP contribution in [0.25, 0.3) is 0 Å². The molecular weight excluding hydrogens is 411 g/mol. The van der Waals surface area contributed by atoms with Gasteiger partial charge in [0.15, 0.2) is 0 Å². The lowest BCUT2D eigenvalue weighted by Crippen LogP contribution is -2.45. The molecule has 0 fully saturated rings. The Morgan fingerprint density at radius 3 is 2.48 bits per heavy atom. The van der Waals surface area contributed by atoms with E-state index in [-0.39, 0.29) is 11.4 Å². The van der Waals surface area contributed by atoms with E-state index in [4.69, 9.17) is 27.9 Å². The highest BCUT2D eigenvalue weighted by atomic mass is 35.5. The summed E-state index contributed by atoms with van der Waals surface area (Å²) in [6.45, 7) is 3.24. The van der Waals surface area contributed by atoms with E-state index in [9.17, 15) is 13.2 Å². The summed E-state index contributed by atoms with van der Waals surface area (Å²) in [5.74, 6) is -0.240. The largest absolute Gasteiger partial charge is 0.495 e. The molecule has 2 aromatic carbocycles. The van der Waals surface area contributed by atoms with Gasteiger partial charge in [0.05, 0.1) is 19.1 Å². The van der Waals surface area contributed by atoms with Crippen LogP contribution in [-0.4, -0.2) is 33.7 Å². The summed E-state index contributed by atoms with van der Waals surface area (Å²) in [5.41, 5.74) is 1.37. The number of nitrogens with zero attached hydrogens (tertiary/aromatic N) is 1. The van der Waals surface area contributed by atoms with Crippen molar-refractivity contribution < 1.29 is 17.9 Å². The number of methoxy groups -OCH3 is 1. The highest BCUT2D eigenvalue weighted by Gasteiger charge is 2.31. The number of halogens is 2. The second kappa shape index (κ2) is 8.37. The number of hydrogen-bond acceptors (Lipinski definition) is 4. The van der Waals surface area contributed by atoms with E-state index in [0.717, 1.165) is 10.6 Å². The lowest BCUT2D eigenvalue weighted by molar-refractivity contribution is -0.116. The highest BCUT2D eigenvalue weighted by molar-refractivity contribution is 7.92. The summed E-state index contributed by atoms with van der Waals surface area (Å²) in [6, 6.07) is 8.59. The maximum Gasteiger partial charge on any atom is 0.248 e. The summed E-state index contributed by atoms with van der Waals surface area (Å²) >= 11 is 12.1. The van der Waals surface area contributed by atoms with Crippen LogP contribution in [0.15, 0.2) is 36.4 Å². The lowest BCUT2D eigenvalue weighted by atomic mass is 10.2. The molecule has 0 saturated carbocycles. The molecule has 1 atom stereocenters. The minimum atomic E-state index is -3.81. The number of carbonyl (C=O) groups is 1. The fourth-order valence-electron chi connectivity index (χ4n) is 2.60. The van der Waals surface area contributed by atoms with Crippen molar-refractivity contribution in [2.24, 2.45) is 0 Å². The summed E-state index contributed by atoms with van der Waals surface area (Å²) in [5, 5.41) is 3.54. The number of amides is 1. The molecule has 6 nitrogen and oxygen atoms in total. The van der Waals surface area contributed by atoms with Crippen molar-refractivity contribution >= 4 is 50.5 Å². The molecule has 0 saturated heterocycles. The fourth-order valence-corrected chi connectivity index (χ4v) is 4.11. The summed E-state index contributed by atoms with van der Waals surface area (Å²) in [4.78, 5) is 12.8. The Bertz CT molecular complexity index is 964. The van der Waals surface area contributed by atoms with Gasteiger partial charge in [-0.3, -0.25) is 9.10 Å². The maximum absolute atomic E-state index is 12.8. The Balaban J connectivity index is 2.44. The Morgan fingerprint density at radius 1 is 1.22 bits per heavy atom. The number of anilines is 2. The van der Waals surface area contributed by atoms with E-state index < -0.39 is 22.0 Å². The summed E-state index contributed by atoms with van der Waals surface area (Å²) < 4.78 is 31.1. The van der Waals surface area contributed by atoms with Crippen molar-refractivity contribution in [3.8, 4) is 5.75 Å². The lowest BCUT2D eigenvalue weighted by Gasteiger charge is -2.29. The number of carbonyl (C=O) groups excluding carboxylic acids is 1. The van der Waals surface area contributed by atoms with Crippen LogP contribution < -0.4 is 14.4 Å². The van der Waals surface area contributed by atoms with Crippen molar-refractivity contribution in [3.63, 3.8) is 0 Å². The monoisotopic (exact) mass is 430 g/mol. The molecule has 1 N–H and O–H groups in total. The highest BCUT2D eigenvalue weighted by Crippen LogP contribution is 2.34. The first-order valence-electron chi connectivity index (χ1n) is 7.95. The quantitative estimate of drug-likeness (QED) is 0.747. The SMILES string of the molecule is COc1ccc(Cl)cc1N(C(C)C(=O)Nc1cccc(Cl)c1C)S(C)(=O)=O. The number of sulfonamides is 1. The third-order valence-corrected chi connectivity index (χ3v) is 5.86. The Kier molecular flexibility index (Phi) is 6.62. The predicted octanol–water partition coefficient (Wildman–Crippen LogP) is 4.10. The number of hydrogen-bond donors (Lipinski definition) is 1. The Hall–Kier alpha value is -1.96. The van der Waals surface area contributed by atoms with E-state index in [1.54, 1.807) is 37.3 Å². The molecule has 2 aromatic rings. The molecule has 0 aliphatic carbocycles. The average Bonchev–Trinajstić information content (AvgIpc) is 2.58. The van der Waals surface area contributed by atoms with Gasteiger partial charge in [0, 0.05) is 15.7 Å². The average molecular weight is 431 g/mol. The molecule has 0 aromatic heterocycles. The van der Waals surface area contributed by atoms with Crippen LogP contribution in [0.2, 0.25) is 10.0 Å². The van der Waals surface area contributed by atoms with E-state index in [1.165, 1.54) is 20.1 Å². The molecule has 0 radical (unpaired) electrons. The van der Waals surface area contributed by atoms with Gasteiger partial charge in [-0.1, -0.05) is 29.3 Å². The van der Waals surface area contributed by atoms with Crippen LogP contribution in [-0.2, 0) is 14.8 Å². The van der Waals surface area contributed by atoms with Crippen LogP contribution in [0.5, 0.6) is 5.75 Å². The molecule has 0 heterocycles. The molecule has 0 aliphatic heterocycles. The van der Waals surface area contributed by atoms with Crippen LogP contribution >= 0.6 is 23.2 Å². The number of benzene rings is 2. The topological polar surface area (TPSA) is 75.7 Å². The molecule has 1 amide bonds. The van der Waals surface area contributed by atoms with Gasteiger partial charge < -0.3 is 10.1 Å². The van der Waals surface area contributed by atoms with Crippen molar-refractivity contribution in [1.82, 2.24) is 0 Å². The molecule has 0 spiro atoms. The minimum Gasteiger partial charge on any atom is -0.495 e. The molecule has 27 heavy (non-hydrogen) atoms. The summed E-state index contributed by atoms with van der Waals surface area (Å²) in [7, 11) is -2.40. The van der Waals surface area contributed by atoms with Gasteiger partial charge >= 0.3 is 0 Å². The number of nitrogens with one attached hydrogen (secondary N) is 1. The van der Waals surface area contributed by atoms with Gasteiger partial charge in [0.2, 0.25) is 15.9 Å². The maximum atomic E-state index is 12.8. The van der Waals surface area contributed by atoms with Crippen LogP contribution in [0.4, 0.5) is 11.4 Å². The molecule has 0 aliphatic rings. The van der Waals surface area contributed by atoms with Crippen LogP contribution in [0.3, 0.4) is 0 Å². The predicted molar refractivity (Wildman–Crippen MR) is 110 cm³/mol. The fraction of sp³-hybridized carbons (Fsp3) is 0.278. The first-order valence-corrected chi connectivity index (χ1v) is 10.6. The third-order valence-electron chi connectivity index (χ3n) is 3.99. The first kappa shape index (κ1) is 21.3. The van der Waals surface area contributed by atoms with Crippen molar-refractivity contribution in [3.05, 3.63) is 52.0 Å². The zero-order valence-electron chi connectivity index (χ0n) is 15.3. The van der Waals surface area contributed by atoms with Crippen LogP contribution in [0, 0.1) is 6.92 Å². The third kappa shape index (κ3) is 4.86. The normalized spacial score (nSPS) is 12.4. The standard InChI is InChI=1S/C18H20Cl2N2O4S/c1-11-14(20)6-5-7-15(11)21-18(23)12(2)22(27(4,24)25)16-10-13(19)8-9-17(16)26-3/h5-10,12H,1-4H3,(H,21,23). The first-order chi connectivity index (χ1) is 12.6. The van der Waals surface area contributed by atoms with E-state index >= 15 is 0 Å². The summed E-state index contributed by atoms with van der Waals surface area (Å²) in [6.07, 6.45) is 1.02. The van der Waals surface area contributed by atoms with Crippen LogP contribution in [0.1, 0.15) is 12.5 Å². The van der Waals surface area contributed by atoms with E-state index in [2.05, 4.69) is 5.32 Å². The second-order valence-corrected chi connectivity index (χ2v) is 8.66. The van der Waals surface area contributed by atoms with Crippen molar-refractivity contribution in [2.45, 2.75) is 19.9 Å². The molecule has 146 valence electrons. The van der Waals surface area contributed by atoms with E-state index in [1.807, 2.05) is 0 Å². The second-order valence-electron chi connectivity index (χ2n) is 5.95. The molecule has 0 bridgehead atoms. The number of rotatable bonds is 6. The van der Waals surface area contributed by atoms with Gasteiger partial charge in [-0.15, -0.1) is 0 Å². The molecule has 1 unspecified atom stereocenters. The molecule has 2 rings (SSSR count). The number of ether oxygens (including phenoxy) is 1. The smallest absolute Gasteiger partial charge is 0.248 e. The molecule has 9 heteroatoms. The van der Waals surface area contributed by atoms with Gasteiger partial charge in [0.25, 0.3) is 0 Å². The van der Waals surface area contributed by atoms with Crippen molar-refractivity contribution in [2.75, 3.05) is 23.0 Å². The molecular formula is C18H20Cl2N2O4S. The van der Waals surface area contributed by atoms with Gasteiger partial charge in [0.1, 0.15) is 11.8 Å². The minimum absolute atomic E-state index is 0.179.